The first-order valence-corrected chi connectivity index (χ1v) is 11.7. The largest absolute Gasteiger partial charge is 0.337 e. The minimum absolute atomic E-state index is 0.0444. The minimum atomic E-state index is -0.346. The molecule has 2 heterocycles. The predicted molar refractivity (Wildman–Crippen MR) is 131 cm³/mol. The van der Waals surface area contributed by atoms with Crippen LogP contribution in [0.2, 0.25) is 0 Å². The highest BCUT2D eigenvalue weighted by atomic mass is 19.1. The van der Waals surface area contributed by atoms with E-state index in [0.29, 0.717) is 23.5 Å². The van der Waals surface area contributed by atoms with Crippen molar-refractivity contribution in [1.82, 2.24) is 9.47 Å². The van der Waals surface area contributed by atoms with Crippen LogP contribution in [-0.4, -0.2) is 34.4 Å². The molecule has 0 spiro atoms. The monoisotopic (exact) mass is 473 g/mol. The van der Waals surface area contributed by atoms with E-state index in [9.17, 15) is 18.4 Å². The lowest BCUT2D eigenvalue weighted by molar-refractivity contribution is -0.115. The maximum Gasteiger partial charge on any atom is 0.270 e. The zero-order valence-corrected chi connectivity index (χ0v) is 19.1. The van der Waals surface area contributed by atoms with Crippen molar-refractivity contribution in [3.63, 3.8) is 0 Å². The fraction of sp³-hybridized carbons (Fsp3) is 0.214. The van der Waals surface area contributed by atoms with Gasteiger partial charge in [-0.1, -0.05) is 24.3 Å². The molecule has 0 saturated carbocycles. The van der Waals surface area contributed by atoms with E-state index in [4.69, 9.17) is 0 Å². The Balaban J connectivity index is 1.44. The molecule has 5 nitrogen and oxygen atoms in total. The van der Waals surface area contributed by atoms with Crippen molar-refractivity contribution in [2.75, 3.05) is 18.4 Å². The number of likely N-dealkylation sites (tertiary alicyclic amines) is 1. The Labute approximate surface area is 202 Å². The molecule has 7 heteroatoms. The van der Waals surface area contributed by atoms with Crippen LogP contribution in [0.1, 0.15) is 34.5 Å². The summed E-state index contributed by atoms with van der Waals surface area (Å²) in [5.74, 6) is -0.931. The number of hydrogen-bond donors (Lipinski definition) is 1. The fourth-order valence-corrected chi connectivity index (χ4v) is 4.59. The Morgan fingerprint density at radius 2 is 1.60 bits per heavy atom. The number of benzene rings is 3. The summed E-state index contributed by atoms with van der Waals surface area (Å²) in [7, 11) is 0. The molecule has 1 aliphatic heterocycles. The molecule has 0 atom stereocenters. The first-order valence-electron chi connectivity index (χ1n) is 11.7. The molecule has 1 N–H and O–H groups in total. The van der Waals surface area contributed by atoms with E-state index in [1.165, 1.54) is 24.3 Å². The van der Waals surface area contributed by atoms with Crippen LogP contribution < -0.4 is 5.32 Å². The molecule has 0 aliphatic carbocycles. The number of hydrogen-bond acceptors (Lipinski definition) is 2. The minimum Gasteiger partial charge on any atom is -0.337 e. The van der Waals surface area contributed by atoms with Gasteiger partial charge in [-0.2, -0.15) is 0 Å². The van der Waals surface area contributed by atoms with Crippen molar-refractivity contribution >= 4 is 28.4 Å². The lowest BCUT2D eigenvalue weighted by Crippen LogP contribution is -2.29. The number of carbonyl (C=O) groups is 2. The van der Waals surface area contributed by atoms with E-state index >= 15 is 0 Å². The number of nitrogens with one attached hydrogen (secondary N) is 1. The van der Waals surface area contributed by atoms with Crippen molar-refractivity contribution < 1.29 is 18.4 Å². The second-order valence-electron chi connectivity index (χ2n) is 8.87. The Morgan fingerprint density at radius 3 is 2.34 bits per heavy atom. The van der Waals surface area contributed by atoms with Crippen LogP contribution in [-0.2, 0) is 17.8 Å². The molecule has 5 rings (SSSR count). The highest BCUT2D eigenvalue weighted by Gasteiger charge is 2.24. The molecule has 0 bridgehead atoms. The number of carbonyl (C=O) groups excluding carboxylic acids is 2. The fourth-order valence-electron chi connectivity index (χ4n) is 4.59. The van der Waals surface area contributed by atoms with Crippen molar-refractivity contribution in [3.05, 3.63) is 101 Å². The van der Waals surface area contributed by atoms with Crippen LogP contribution in [0.5, 0.6) is 0 Å². The van der Waals surface area contributed by atoms with Gasteiger partial charge in [0.05, 0.1) is 6.42 Å². The molecule has 0 radical (unpaired) electrons. The average Bonchev–Trinajstić information content (AvgIpc) is 3.49. The Morgan fingerprint density at radius 1 is 0.829 bits per heavy atom. The van der Waals surface area contributed by atoms with E-state index in [0.717, 1.165) is 42.4 Å². The molecule has 4 aromatic rings. The number of rotatable bonds is 6. The molecule has 1 aromatic heterocycles. The summed E-state index contributed by atoms with van der Waals surface area (Å²) in [5, 5.41) is 3.69. The maximum absolute atomic E-state index is 13.8. The Kier molecular flexibility index (Phi) is 6.31. The van der Waals surface area contributed by atoms with E-state index in [1.807, 2.05) is 33.7 Å². The summed E-state index contributed by atoms with van der Waals surface area (Å²) in [6.07, 6.45) is 2.10. The molecule has 1 saturated heterocycles. The average molecular weight is 474 g/mol. The second kappa shape index (κ2) is 9.70. The van der Waals surface area contributed by atoms with Crippen molar-refractivity contribution in [2.45, 2.75) is 25.8 Å². The van der Waals surface area contributed by atoms with Crippen molar-refractivity contribution in [2.24, 2.45) is 0 Å². The molecular formula is C28H25F2N3O2. The van der Waals surface area contributed by atoms with Crippen molar-refractivity contribution in [3.8, 4) is 0 Å². The van der Waals surface area contributed by atoms with E-state index in [-0.39, 0.29) is 29.9 Å². The zero-order chi connectivity index (χ0) is 24.4. The van der Waals surface area contributed by atoms with Gasteiger partial charge in [0.1, 0.15) is 17.3 Å². The van der Waals surface area contributed by atoms with Gasteiger partial charge < -0.3 is 14.8 Å². The molecule has 0 unspecified atom stereocenters. The van der Waals surface area contributed by atoms with Gasteiger partial charge in [-0.15, -0.1) is 0 Å². The van der Waals surface area contributed by atoms with Gasteiger partial charge in [0.25, 0.3) is 5.91 Å². The third-order valence-corrected chi connectivity index (χ3v) is 6.31. The summed E-state index contributed by atoms with van der Waals surface area (Å²) >= 11 is 0. The predicted octanol–water partition coefficient (Wildman–Crippen LogP) is 5.39. The summed E-state index contributed by atoms with van der Waals surface area (Å²) in [5.41, 5.74) is 3.45. The number of halogens is 2. The first-order chi connectivity index (χ1) is 17.0. The standard InChI is InChI=1S/C28H25F2N3O2/c29-22-8-6-19(7-9-22)15-27(34)31-24-10-11-25-21(16-24)17-26(28(35)32-12-1-2-13-32)33(25)18-20-4-3-5-23(30)14-20/h3-11,14,16-17H,1-2,12-13,15,18H2,(H,31,34). The van der Waals surface area contributed by atoms with Gasteiger partial charge in [0, 0.05) is 36.2 Å². The summed E-state index contributed by atoms with van der Waals surface area (Å²) < 4.78 is 28.9. The topological polar surface area (TPSA) is 54.3 Å². The molecule has 178 valence electrons. The van der Waals surface area contributed by atoms with Crippen LogP contribution in [0.4, 0.5) is 14.5 Å². The Bertz CT molecular complexity index is 1390. The molecular weight excluding hydrogens is 448 g/mol. The van der Waals surface area contributed by atoms with E-state index in [1.54, 1.807) is 24.3 Å². The zero-order valence-electron chi connectivity index (χ0n) is 19.1. The Hall–Kier alpha value is -4.00. The number of amides is 2. The van der Waals surface area contributed by atoms with Gasteiger partial charge in [0.15, 0.2) is 0 Å². The summed E-state index contributed by atoms with van der Waals surface area (Å²) in [6, 6.07) is 19.5. The van der Waals surface area contributed by atoms with Gasteiger partial charge in [-0.05, 0) is 72.5 Å². The second-order valence-corrected chi connectivity index (χ2v) is 8.87. The molecule has 1 aliphatic rings. The summed E-state index contributed by atoms with van der Waals surface area (Å²) in [6.45, 7) is 1.81. The lowest BCUT2D eigenvalue weighted by atomic mass is 10.1. The van der Waals surface area contributed by atoms with Gasteiger partial charge in [0.2, 0.25) is 5.91 Å². The van der Waals surface area contributed by atoms with Crippen LogP contribution in [0.15, 0.2) is 72.8 Å². The number of fused-ring (bicyclic) bond motifs is 1. The number of anilines is 1. The summed E-state index contributed by atoms with van der Waals surface area (Å²) in [4.78, 5) is 27.7. The third kappa shape index (κ3) is 5.09. The number of nitrogens with zero attached hydrogens (tertiary/aromatic N) is 2. The van der Waals surface area contributed by atoms with Crippen LogP contribution in [0.3, 0.4) is 0 Å². The smallest absolute Gasteiger partial charge is 0.270 e. The molecule has 35 heavy (non-hydrogen) atoms. The molecule has 1 fully saturated rings. The molecule has 3 aromatic carbocycles. The van der Waals surface area contributed by atoms with Crippen LogP contribution >= 0.6 is 0 Å². The van der Waals surface area contributed by atoms with Crippen molar-refractivity contribution in [1.29, 1.82) is 0 Å². The highest BCUT2D eigenvalue weighted by Crippen LogP contribution is 2.27. The SMILES string of the molecule is O=C(Cc1ccc(F)cc1)Nc1ccc2c(c1)cc(C(=O)N1CCCC1)n2Cc1cccc(F)c1. The quantitative estimate of drug-likeness (QED) is 0.409. The maximum atomic E-state index is 13.8. The van der Waals surface area contributed by atoms with Crippen LogP contribution in [0.25, 0.3) is 10.9 Å². The van der Waals surface area contributed by atoms with Crippen LogP contribution in [0, 0.1) is 11.6 Å². The van der Waals surface area contributed by atoms with Gasteiger partial charge in [-0.25, -0.2) is 8.78 Å². The van der Waals surface area contributed by atoms with Gasteiger partial charge >= 0.3 is 0 Å². The lowest BCUT2D eigenvalue weighted by Gasteiger charge is -2.17. The van der Waals surface area contributed by atoms with E-state index < -0.39 is 0 Å². The van der Waals surface area contributed by atoms with Gasteiger partial charge in [-0.3, -0.25) is 9.59 Å². The first kappa shape index (κ1) is 22.8. The van der Waals surface area contributed by atoms with E-state index in [2.05, 4.69) is 5.32 Å². The normalized spacial score (nSPS) is 13.4. The number of aromatic nitrogens is 1. The molecule has 2 amide bonds. The highest BCUT2D eigenvalue weighted by molar-refractivity contribution is 6.01. The third-order valence-electron chi connectivity index (χ3n) is 6.31.